The number of hydroxylamine groups is 2. The zero-order chi connectivity index (χ0) is 17.9. The quantitative estimate of drug-likeness (QED) is 0.916. The molecule has 0 aromatic heterocycles. The van der Waals surface area contributed by atoms with Gasteiger partial charge in [-0.2, -0.15) is 0 Å². The molecule has 1 saturated heterocycles. The maximum Gasteiger partial charge on any atom is 0.444 e. The number of benzene rings is 1. The Bertz CT molecular complexity index is 624. The van der Waals surface area contributed by atoms with Crippen molar-refractivity contribution < 1.29 is 24.0 Å². The third-order valence-electron chi connectivity index (χ3n) is 3.44. The van der Waals surface area contributed by atoms with E-state index in [1.54, 1.807) is 58.0 Å². The Balaban J connectivity index is 2.12. The summed E-state index contributed by atoms with van der Waals surface area (Å²) in [5, 5.41) is 3.54. The zero-order valence-electron chi connectivity index (χ0n) is 14.2. The second kappa shape index (κ2) is 6.90. The molecule has 1 aliphatic heterocycles. The van der Waals surface area contributed by atoms with Crippen LogP contribution in [0.1, 0.15) is 44.5 Å². The van der Waals surface area contributed by atoms with Crippen LogP contribution in [0.3, 0.4) is 0 Å². The van der Waals surface area contributed by atoms with Crippen LogP contribution in [0, 0.1) is 0 Å². The van der Waals surface area contributed by atoms with Gasteiger partial charge in [0.2, 0.25) is 0 Å². The highest BCUT2D eigenvalue weighted by Crippen LogP contribution is 2.23. The molecule has 7 heteroatoms. The molecule has 1 N–H and O–H groups in total. The van der Waals surface area contributed by atoms with Crippen LogP contribution in [0.25, 0.3) is 0 Å². The fourth-order valence-corrected chi connectivity index (χ4v) is 2.36. The van der Waals surface area contributed by atoms with Gasteiger partial charge in [0, 0.05) is 5.56 Å². The third-order valence-corrected chi connectivity index (χ3v) is 3.44. The molecule has 130 valence electrons. The minimum atomic E-state index is -0.935. The van der Waals surface area contributed by atoms with Crippen molar-refractivity contribution >= 4 is 18.0 Å². The molecule has 7 nitrogen and oxygen atoms in total. The number of hydrogen-bond acceptors (Lipinski definition) is 5. The molecule has 0 spiro atoms. The van der Waals surface area contributed by atoms with E-state index in [-0.39, 0.29) is 0 Å². The molecular weight excluding hydrogens is 312 g/mol. The van der Waals surface area contributed by atoms with Crippen LogP contribution in [0.2, 0.25) is 0 Å². The number of nitrogens with one attached hydrogen (secondary N) is 1. The van der Waals surface area contributed by atoms with Crippen molar-refractivity contribution in [2.24, 2.45) is 0 Å². The summed E-state index contributed by atoms with van der Waals surface area (Å²) in [6.07, 6.45) is -0.329. The van der Waals surface area contributed by atoms with Crippen LogP contribution in [-0.2, 0) is 14.4 Å². The number of nitrogens with zero attached hydrogens (tertiary/aromatic N) is 1. The summed E-state index contributed by atoms with van der Waals surface area (Å²) in [6, 6.07) is 6.97. The molecule has 1 heterocycles. The Morgan fingerprint density at radius 1 is 1.25 bits per heavy atom. The standard InChI is InChI=1S/C17H22N2O5/c1-5-12-13(18-14(20)11-9-7-6-8-10-11)15(21)24-19(12)16(22)23-17(2,3)4/h6-10,12-13H,5H2,1-4H3,(H,18,20)/t12-,13+/m0/s1. The first-order valence-corrected chi connectivity index (χ1v) is 7.83. The van der Waals surface area contributed by atoms with E-state index in [4.69, 9.17) is 9.57 Å². The van der Waals surface area contributed by atoms with E-state index in [1.807, 2.05) is 0 Å². The zero-order valence-corrected chi connectivity index (χ0v) is 14.2. The SMILES string of the molecule is CC[C@H]1[C@@H](NC(=O)c2ccccc2)C(=O)ON1C(=O)OC(C)(C)C. The van der Waals surface area contributed by atoms with Crippen LogP contribution in [-0.4, -0.2) is 40.7 Å². The van der Waals surface area contributed by atoms with Gasteiger partial charge in [-0.1, -0.05) is 25.1 Å². The first-order valence-electron chi connectivity index (χ1n) is 7.83. The van der Waals surface area contributed by atoms with Crippen molar-refractivity contribution in [3.63, 3.8) is 0 Å². The molecule has 2 amide bonds. The number of ether oxygens (including phenoxy) is 1. The summed E-state index contributed by atoms with van der Waals surface area (Å²) < 4.78 is 5.24. The van der Waals surface area contributed by atoms with Gasteiger partial charge in [0.05, 0.1) is 0 Å². The summed E-state index contributed by atoms with van der Waals surface area (Å²) in [4.78, 5) is 41.6. The second-order valence-corrected chi connectivity index (χ2v) is 6.51. The number of rotatable bonds is 3. The smallest absolute Gasteiger partial charge is 0.442 e. The number of amides is 2. The summed E-state index contributed by atoms with van der Waals surface area (Å²) in [6.45, 7) is 6.96. The summed E-state index contributed by atoms with van der Waals surface area (Å²) in [5.41, 5.74) is -0.288. The fraction of sp³-hybridized carbons (Fsp3) is 0.471. The molecule has 0 saturated carbocycles. The molecule has 1 fully saturated rings. The number of carbonyl (C=O) groups excluding carboxylic acids is 3. The van der Waals surface area contributed by atoms with Crippen molar-refractivity contribution in [3.8, 4) is 0 Å². The number of carbonyl (C=O) groups is 3. The normalized spacial score (nSPS) is 20.5. The molecule has 1 aliphatic rings. The largest absolute Gasteiger partial charge is 0.444 e. The van der Waals surface area contributed by atoms with Gasteiger partial charge in [-0.3, -0.25) is 4.79 Å². The lowest BCUT2D eigenvalue weighted by Gasteiger charge is -2.26. The van der Waals surface area contributed by atoms with E-state index < -0.39 is 35.7 Å². The third kappa shape index (κ3) is 4.04. The van der Waals surface area contributed by atoms with Crippen LogP contribution >= 0.6 is 0 Å². The summed E-state index contributed by atoms with van der Waals surface area (Å²) >= 11 is 0. The van der Waals surface area contributed by atoms with E-state index in [9.17, 15) is 14.4 Å². The van der Waals surface area contributed by atoms with E-state index in [0.717, 1.165) is 5.06 Å². The molecular formula is C17H22N2O5. The van der Waals surface area contributed by atoms with Crippen LogP contribution in [0.4, 0.5) is 4.79 Å². The van der Waals surface area contributed by atoms with E-state index in [1.165, 1.54) is 0 Å². The highest BCUT2D eigenvalue weighted by atomic mass is 16.8. The van der Waals surface area contributed by atoms with E-state index in [2.05, 4.69) is 5.32 Å². The molecule has 0 bridgehead atoms. The van der Waals surface area contributed by atoms with Crippen molar-refractivity contribution in [2.45, 2.75) is 51.8 Å². The Labute approximate surface area is 140 Å². The highest BCUT2D eigenvalue weighted by Gasteiger charge is 2.47. The molecule has 2 rings (SSSR count). The lowest BCUT2D eigenvalue weighted by atomic mass is 10.1. The Kier molecular flexibility index (Phi) is 5.11. The molecule has 0 radical (unpaired) electrons. The van der Waals surface area contributed by atoms with Crippen LogP contribution in [0.15, 0.2) is 30.3 Å². The lowest BCUT2D eigenvalue weighted by Crippen LogP contribution is -2.48. The fourth-order valence-electron chi connectivity index (χ4n) is 2.36. The van der Waals surface area contributed by atoms with Gasteiger partial charge in [-0.05, 0) is 39.3 Å². The van der Waals surface area contributed by atoms with Gasteiger partial charge in [0.1, 0.15) is 11.6 Å². The molecule has 1 aromatic carbocycles. The van der Waals surface area contributed by atoms with Gasteiger partial charge in [0.15, 0.2) is 6.04 Å². The van der Waals surface area contributed by atoms with Crippen molar-refractivity contribution in [1.82, 2.24) is 10.4 Å². The van der Waals surface area contributed by atoms with Gasteiger partial charge in [0.25, 0.3) is 5.91 Å². The average Bonchev–Trinajstić information content (AvgIpc) is 2.83. The first-order chi connectivity index (χ1) is 11.2. The predicted octanol–water partition coefficient (Wildman–Crippen LogP) is 2.27. The first kappa shape index (κ1) is 17.8. The summed E-state index contributed by atoms with van der Waals surface area (Å²) in [5.74, 6) is -1.08. The Hall–Kier alpha value is -2.57. The predicted molar refractivity (Wildman–Crippen MR) is 85.9 cm³/mol. The van der Waals surface area contributed by atoms with Crippen molar-refractivity contribution in [2.75, 3.05) is 0 Å². The molecule has 24 heavy (non-hydrogen) atoms. The molecule has 0 aliphatic carbocycles. The van der Waals surface area contributed by atoms with Crippen molar-refractivity contribution in [3.05, 3.63) is 35.9 Å². The molecule has 2 atom stereocenters. The summed E-state index contributed by atoms with van der Waals surface area (Å²) in [7, 11) is 0. The Morgan fingerprint density at radius 2 is 1.88 bits per heavy atom. The van der Waals surface area contributed by atoms with Crippen LogP contribution < -0.4 is 5.32 Å². The average molecular weight is 334 g/mol. The minimum Gasteiger partial charge on any atom is -0.442 e. The second-order valence-electron chi connectivity index (χ2n) is 6.51. The van der Waals surface area contributed by atoms with E-state index in [0.29, 0.717) is 12.0 Å². The highest BCUT2D eigenvalue weighted by molar-refractivity contribution is 5.97. The van der Waals surface area contributed by atoms with Crippen molar-refractivity contribution in [1.29, 1.82) is 0 Å². The van der Waals surface area contributed by atoms with Gasteiger partial charge in [-0.25, -0.2) is 9.59 Å². The molecule has 0 unspecified atom stereocenters. The van der Waals surface area contributed by atoms with E-state index >= 15 is 0 Å². The molecule has 1 aromatic rings. The monoisotopic (exact) mass is 334 g/mol. The van der Waals surface area contributed by atoms with Gasteiger partial charge >= 0.3 is 12.1 Å². The topological polar surface area (TPSA) is 84.9 Å². The Morgan fingerprint density at radius 3 is 2.42 bits per heavy atom. The minimum absolute atomic E-state index is 0.401. The number of hydrogen-bond donors (Lipinski definition) is 1. The van der Waals surface area contributed by atoms with Gasteiger partial charge in [-0.15, -0.1) is 5.06 Å². The van der Waals surface area contributed by atoms with Crippen LogP contribution in [0.5, 0.6) is 0 Å². The maximum atomic E-state index is 12.3. The maximum absolute atomic E-state index is 12.3. The van der Waals surface area contributed by atoms with Gasteiger partial charge < -0.3 is 14.9 Å². The lowest BCUT2D eigenvalue weighted by molar-refractivity contribution is -0.170.